The predicted octanol–water partition coefficient (Wildman–Crippen LogP) is 4.74. The first-order valence-electron chi connectivity index (χ1n) is 8.54. The molecule has 2 nitrogen and oxygen atoms in total. The normalized spacial score (nSPS) is 21.0. The topological polar surface area (TPSA) is 15.3 Å². The van der Waals surface area contributed by atoms with Gasteiger partial charge >= 0.3 is 0 Å². The summed E-state index contributed by atoms with van der Waals surface area (Å²) in [5.41, 5.74) is 5.47. The van der Waals surface area contributed by atoms with Gasteiger partial charge in [-0.1, -0.05) is 29.8 Å². The molecule has 0 amide bonds. The molecule has 1 aliphatic carbocycles. The van der Waals surface area contributed by atoms with Crippen molar-refractivity contribution in [3.63, 3.8) is 0 Å². The predicted molar refractivity (Wildman–Crippen MR) is 97.3 cm³/mol. The molecule has 3 heteroatoms. The van der Waals surface area contributed by atoms with E-state index in [0.29, 0.717) is 6.04 Å². The molecule has 0 radical (unpaired) electrons. The third kappa shape index (κ3) is 3.11. The van der Waals surface area contributed by atoms with Gasteiger partial charge in [-0.2, -0.15) is 0 Å². The Labute approximate surface area is 143 Å². The maximum absolute atomic E-state index is 6.11. The van der Waals surface area contributed by atoms with Crippen LogP contribution in [0, 0.1) is 5.92 Å². The number of fused-ring (bicyclic) bond motifs is 1. The summed E-state index contributed by atoms with van der Waals surface area (Å²) in [5.74, 6) is 0.902. The van der Waals surface area contributed by atoms with Crippen LogP contribution >= 0.6 is 11.6 Å². The second-order valence-corrected chi connectivity index (χ2v) is 7.24. The van der Waals surface area contributed by atoms with Crippen LogP contribution in [0.2, 0.25) is 5.02 Å². The minimum absolute atomic E-state index is 0.352. The molecule has 1 heterocycles. The fourth-order valence-corrected chi connectivity index (χ4v) is 3.81. The zero-order valence-corrected chi connectivity index (χ0v) is 14.3. The summed E-state index contributed by atoms with van der Waals surface area (Å²) in [6, 6.07) is 15.6. The average molecular weight is 327 g/mol. The lowest BCUT2D eigenvalue weighted by Gasteiger charge is -2.38. The van der Waals surface area contributed by atoms with Crippen LogP contribution < -0.4 is 5.32 Å². The van der Waals surface area contributed by atoms with E-state index in [4.69, 9.17) is 11.6 Å². The maximum Gasteiger partial charge on any atom is 0.0605 e. The molecule has 0 bridgehead atoms. The van der Waals surface area contributed by atoms with Gasteiger partial charge in [-0.05, 0) is 66.1 Å². The SMILES string of the molecule is CNc1ccc2c(c1)C(c1ccc(Cl)cc1)N(CC1CC1)CC2. The van der Waals surface area contributed by atoms with E-state index in [-0.39, 0.29) is 0 Å². The van der Waals surface area contributed by atoms with Crippen LogP contribution in [0.5, 0.6) is 0 Å². The first-order valence-corrected chi connectivity index (χ1v) is 8.92. The highest BCUT2D eigenvalue weighted by molar-refractivity contribution is 6.30. The van der Waals surface area contributed by atoms with Crippen LogP contribution in [0.1, 0.15) is 35.6 Å². The van der Waals surface area contributed by atoms with Crippen LogP contribution in [0.25, 0.3) is 0 Å². The lowest BCUT2D eigenvalue weighted by Crippen LogP contribution is -2.37. The van der Waals surface area contributed by atoms with Crippen LogP contribution in [-0.4, -0.2) is 25.0 Å². The van der Waals surface area contributed by atoms with Crippen molar-refractivity contribution in [1.29, 1.82) is 0 Å². The number of hydrogen-bond donors (Lipinski definition) is 1. The highest BCUT2D eigenvalue weighted by Crippen LogP contribution is 2.40. The van der Waals surface area contributed by atoms with Crippen LogP contribution in [0.3, 0.4) is 0 Å². The number of nitrogens with one attached hydrogen (secondary N) is 1. The quantitative estimate of drug-likeness (QED) is 0.873. The Hall–Kier alpha value is -1.51. The van der Waals surface area contributed by atoms with Crippen molar-refractivity contribution < 1.29 is 0 Å². The molecule has 0 aromatic heterocycles. The molecule has 1 atom stereocenters. The van der Waals surface area contributed by atoms with Gasteiger partial charge in [0, 0.05) is 30.8 Å². The standard InChI is InChI=1S/C20H23ClN2/c1-22-18-9-6-15-10-11-23(13-14-2-3-14)20(19(15)12-18)16-4-7-17(21)8-5-16/h4-9,12,14,20,22H,2-3,10-11,13H2,1H3. The Morgan fingerprint density at radius 2 is 1.91 bits per heavy atom. The molecule has 0 spiro atoms. The van der Waals surface area contributed by atoms with E-state index in [2.05, 4.69) is 40.5 Å². The number of anilines is 1. The molecular weight excluding hydrogens is 304 g/mol. The molecule has 1 aliphatic heterocycles. The van der Waals surface area contributed by atoms with Gasteiger partial charge in [-0.25, -0.2) is 0 Å². The monoisotopic (exact) mass is 326 g/mol. The molecule has 0 saturated heterocycles. The summed E-state index contributed by atoms with van der Waals surface area (Å²) in [6.45, 7) is 2.37. The smallest absolute Gasteiger partial charge is 0.0605 e. The van der Waals surface area contributed by atoms with Crippen molar-refractivity contribution in [2.75, 3.05) is 25.5 Å². The Morgan fingerprint density at radius 1 is 1.13 bits per heavy atom. The Bertz CT molecular complexity index is 691. The van der Waals surface area contributed by atoms with Gasteiger partial charge in [0.2, 0.25) is 0 Å². The molecule has 2 aromatic carbocycles. The molecule has 2 aromatic rings. The molecule has 1 fully saturated rings. The van der Waals surface area contributed by atoms with E-state index in [9.17, 15) is 0 Å². The second-order valence-electron chi connectivity index (χ2n) is 6.81. The van der Waals surface area contributed by atoms with Crippen molar-refractivity contribution in [2.45, 2.75) is 25.3 Å². The number of rotatable bonds is 4. The molecular formula is C20H23ClN2. The highest BCUT2D eigenvalue weighted by Gasteiger charge is 2.33. The van der Waals surface area contributed by atoms with E-state index < -0.39 is 0 Å². The Kier molecular flexibility index (Phi) is 4.04. The van der Waals surface area contributed by atoms with Crippen molar-refractivity contribution in [3.8, 4) is 0 Å². The lowest BCUT2D eigenvalue weighted by molar-refractivity contribution is 0.204. The van der Waals surface area contributed by atoms with Crippen LogP contribution in [0.4, 0.5) is 5.69 Å². The number of hydrogen-bond acceptors (Lipinski definition) is 2. The van der Waals surface area contributed by atoms with Crippen molar-refractivity contribution >= 4 is 17.3 Å². The van der Waals surface area contributed by atoms with Gasteiger partial charge in [0.1, 0.15) is 0 Å². The molecule has 23 heavy (non-hydrogen) atoms. The van der Waals surface area contributed by atoms with E-state index in [1.165, 1.54) is 41.8 Å². The molecule has 2 aliphatic rings. The summed E-state index contributed by atoms with van der Waals surface area (Å²) in [7, 11) is 1.99. The van der Waals surface area contributed by atoms with Gasteiger partial charge in [-0.15, -0.1) is 0 Å². The maximum atomic E-state index is 6.11. The van der Waals surface area contributed by atoms with Crippen molar-refractivity contribution in [1.82, 2.24) is 4.90 Å². The first kappa shape index (κ1) is 15.0. The second kappa shape index (κ2) is 6.18. The average Bonchev–Trinajstić information content (AvgIpc) is 3.39. The molecule has 4 rings (SSSR count). The number of nitrogens with zero attached hydrogens (tertiary/aromatic N) is 1. The minimum atomic E-state index is 0.352. The first-order chi connectivity index (χ1) is 11.2. The third-order valence-electron chi connectivity index (χ3n) is 5.14. The van der Waals surface area contributed by atoms with Crippen LogP contribution in [-0.2, 0) is 6.42 Å². The molecule has 1 saturated carbocycles. The van der Waals surface area contributed by atoms with E-state index in [1.54, 1.807) is 0 Å². The fraction of sp³-hybridized carbons (Fsp3) is 0.400. The Morgan fingerprint density at radius 3 is 2.61 bits per heavy atom. The lowest BCUT2D eigenvalue weighted by atomic mass is 9.87. The van der Waals surface area contributed by atoms with Gasteiger partial charge < -0.3 is 5.32 Å². The number of halogens is 1. The van der Waals surface area contributed by atoms with Gasteiger partial charge in [0.25, 0.3) is 0 Å². The van der Waals surface area contributed by atoms with Crippen molar-refractivity contribution in [3.05, 3.63) is 64.2 Å². The van der Waals surface area contributed by atoms with E-state index >= 15 is 0 Å². The summed E-state index contributed by atoms with van der Waals surface area (Å²) in [5, 5.41) is 4.09. The van der Waals surface area contributed by atoms with Gasteiger partial charge in [0.05, 0.1) is 6.04 Å². The van der Waals surface area contributed by atoms with E-state index in [1.807, 2.05) is 19.2 Å². The van der Waals surface area contributed by atoms with Crippen molar-refractivity contribution in [2.24, 2.45) is 5.92 Å². The minimum Gasteiger partial charge on any atom is -0.388 e. The van der Waals surface area contributed by atoms with Gasteiger partial charge in [0.15, 0.2) is 0 Å². The summed E-state index contributed by atoms with van der Waals surface area (Å²) >= 11 is 6.11. The fourth-order valence-electron chi connectivity index (χ4n) is 3.69. The molecule has 1 N–H and O–H groups in total. The number of benzene rings is 2. The van der Waals surface area contributed by atoms with Gasteiger partial charge in [-0.3, -0.25) is 4.90 Å². The molecule has 1 unspecified atom stereocenters. The van der Waals surface area contributed by atoms with Crippen LogP contribution in [0.15, 0.2) is 42.5 Å². The zero-order chi connectivity index (χ0) is 15.8. The summed E-state index contributed by atoms with van der Waals surface area (Å²) < 4.78 is 0. The molecule has 120 valence electrons. The summed E-state index contributed by atoms with van der Waals surface area (Å²) in [6.07, 6.45) is 3.94. The highest BCUT2D eigenvalue weighted by atomic mass is 35.5. The zero-order valence-electron chi connectivity index (χ0n) is 13.6. The Balaban J connectivity index is 1.76. The largest absolute Gasteiger partial charge is 0.388 e. The van der Waals surface area contributed by atoms with E-state index in [0.717, 1.165) is 23.9 Å². The summed E-state index contributed by atoms with van der Waals surface area (Å²) in [4.78, 5) is 2.67. The third-order valence-corrected chi connectivity index (χ3v) is 5.39.